The molecule has 1 N–H and O–H groups in total. The van der Waals surface area contributed by atoms with Crippen LogP contribution in [0.15, 0.2) is 0 Å². The molecule has 0 aromatic rings. The molecule has 2 aliphatic rings. The molecule has 6 nitrogen and oxygen atoms in total. The van der Waals surface area contributed by atoms with E-state index >= 15 is 0 Å². The van der Waals surface area contributed by atoms with E-state index < -0.39 is 24.4 Å². The SMILES string of the molecule is CCS(=O)(=O)C1CCC[C@H]1CN(CCCCCCO)C[C@H]1CCCC1S(=O)(=O)C(C)(C)C. The lowest BCUT2D eigenvalue weighted by Crippen LogP contribution is -2.44. The number of hydrogen-bond donors (Lipinski definition) is 1. The van der Waals surface area contributed by atoms with Gasteiger partial charge in [0.25, 0.3) is 0 Å². The highest BCUT2D eigenvalue weighted by Crippen LogP contribution is 2.38. The van der Waals surface area contributed by atoms with Crippen LogP contribution in [-0.4, -0.2) is 74.1 Å². The minimum Gasteiger partial charge on any atom is -0.396 e. The fourth-order valence-electron chi connectivity index (χ4n) is 5.69. The highest BCUT2D eigenvalue weighted by Gasteiger charge is 2.44. The molecule has 2 aliphatic carbocycles. The molecule has 0 bridgehead atoms. The molecule has 0 spiro atoms. The predicted octanol–water partition coefficient (Wildman–Crippen LogP) is 3.83. The van der Waals surface area contributed by atoms with Crippen LogP contribution >= 0.6 is 0 Å². The van der Waals surface area contributed by atoms with E-state index in [1.54, 1.807) is 27.7 Å². The van der Waals surface area contributed by atoms with Crippen molar-refractivity contribution in [1.29, 1.82) is 0 Å². The molecular weight excluding hydrogens is 446 g/mol. The second-order valence-electron chi connectivity index (χ2n) is 11.0. The Morgan fingerprint density at radius 2 is 1.34 bits per heavy atom. The molecule has 0 aromatic heterocycles. The van der Waals surface area contributed by atoms with Crippen molar-refractivity contribution in [3.8, 4) is 0 Å². The van der Waals surface area contributed by atoms with Crippen LogP contribution in [-0.2, 0) is 19.7 Å². The highest BCUT2D eigenvalue weighted by atomic mass is 32.2. The predicted molar refractivity (Wildman–Crippen MR) is 132 cm³/mol. The minimum atomic E-state index is -3.22. The van der Waals surface area contributed by atoms with E-state index in [4.69, 9.17) is 5.11 Å². The van der Waals surface area contributed by atoms with Gasteiger partial charge in [-0.1, -0.05) is 32.6 Å². The van der Waals surface area contributed by atoms with E-state index in [1.807, 2.05) is 0 Å². The number of rotatable bonds is 13. The first-order valence-corrected chi connectivity index (χ1v) is 16.0. The van der Waals surface area contributed by atoms with Crippen LogP contribution in [0.2, 0.25) is 0 Å². The molecule has 2 fully saturated rings. The summed E-state index contributed by atoms with van der Waals surface area (Å²) in [6, 6.07) is 0. The lowest BCUT2D eigenvalue weighted by molar-refractivity contribution is 0.195. The van der Waals surface area contributed by atoms with Gasteiger partial charge >= 0.3 is 0 Å². The number of aliphatic hydroxyl groups is 1. The molecule has 32 heavy (non-hydrogen) atoms. The fourth-order valence-corrected chi connectivity index (χ4v) is 9.57. The minimum absolute atomic E-state index is 0.124. The number of aliphatic hydroxyl groups excluding tert-OH is 1. The molecule has 0 saturated heterocycles. The zero-order valence-electron chi connectivity index (χ0n) is 20.8. The Hall–Kier alpha value is -0.180. The first-order valence-electron chi connectivity index (χ1n) is 12.7. The summed E-state index contributed by atoms with van der Waals surface area (Å²) in [7, 11) is -6.28. The van der Waals surface area contributed by atoms with E-state index in [2.05, 4.69) is 4.90 Å². The average Bonchev–Trinajstić information content (AvgIpc) is 3.37. The van der Waals surface area contributed by atoms with Crippen molar-refractivity contribution in [1.82, 2.24) is 4.90 Å². The molecular formula is C24H47NO5S2. The smallest absolute Gasteiger partial charge is 0.158 e. The van der Waals surface area contributed by atoms with Gasteiger partial charge in [-0.15, -0.1) is 0 Å². The Morgan fingerprint density at radius 3 is 1.88 bits per heavy atom. The Labute approximate surface area is 197 Å². The molecule has 2 unspecified atom stereocenters. The Balaban J connectivity index is 2.12. The maximum Gasteiger partial charge on any atom is 0.158 e. The van der Waals surface area contributed by atoms with Gasteiger partial charge in [-0.3, -0.25) is 0 Å². The van der Waals surface area contributed by atoms with E-state index in [0.717, 1.165) is 83.8 Å². The third-order valence-electron chi connectivity index (χ3n) is 7.66. The molecule has 2 rings (SSSR count). The van der Waals surface area contributed by atoms with Gasteiger partial charge in [-0.05, 0) is 77.7 Å². The van der Waals surface area contributed by atoms with Gasteiger partial charge < -0.3 is 10.0 Å². The molecule has 0 heterocycles. The van der Waals surface area contributed by atoms with Crippen LogP contribution < -0.4 is 0 Å². The zero-order chi connectivity index (χ0) is 24.0. The summed E-state index contributed by atoms with van der Waals surface area (Å²) in [5, 5.41) is 8.49. The molecule has 2 saturated carbocycles. The van der Waals surface area contributed by atoms with E-state index in [0.29, 0.717) is 0 Å². The summed E-state index contributed by atoms with van der Waals surface area (Å²) in [6.07, 6.45) is 9.13. The summed E-state index contributed by atoms with van der Waals surface area (Å²) in [5.41, 5.74) is 0. The first kappa shape index (κ1) is 28.1. The third kappa shape index (κ3) is 7.16. The quantitative estimate of drug-likeness (QED) is 0.392. The van der Waals surface area contributed by atoms with Crippen molar-refractivity contribution in [3.63, 3.8) is 0 Å². The molecule has 0 aliphatic heterocycles. The van der Waals surface area contributed by atoms with Crippen LogP contribution in [0.1, 0.15) is 91.9 Å². The fraction of sp³-hybridized carbons (Fsp3) is 1.00. The lowest BCUT2D eigenvalue weighted by atomic mass is 10.0. The summed E-state index contributed by atoms with van der Waals surface area (Å²) >= 11 is 0. The molecule has 8 heteroatoms. The van der Waals surface area contributed by atoms with Crippen molar-refractivity contribution >= 4 is 19.7 Å². The monoisotopic (exact) mass is 493 g/mol. The van der Waals surface area contributed by atoms with Crippen molar-refractivity contribution in [3.05, 3.63) is 0 Å². The van der Waals surface area contributed by atoms with Crippen LogP contribution in [0.3, 0.4) is 0 Å². The largest absolute Gasteiger partial charge is 0.396 e. The van der Waals surface area contributed by atoms with Gasteiger partial charge in [0.15, 0.2) is 19.7 Å². The standard InChI is InChI=1S/C24H47NO5S2/c1-5-31(27,28)22-14-10-12-20(22)18-25(16-8-6-7-9-17-26)19-21-13-11-15-23(21)32(29,30)24(2,3)4/h20-23,26H,5-19H2,1-4H3/t20-,21+,22?,23?/m0/s1. The maximum atomic E-state index is 13.2. The molecule has 4 atom stereocenters. The lowest BCUT2D eigenvalue weighted by Gasteiger charge is -2.34. The molecule has 0 radical (unpaired) electrons. The van der Waals surface area contributed by atoms with Crippen molar-refractivity contribution in [2.75, 3.05) is 32.0 Å². The van der Waals surface area contributed by atoms with Crippen molar-refractivity contribution in [2.24, 2.45) is 11.8 Å². The zero-order valence-corrected chi connectivity index (χ0v) is 22.4. The number of hydrogen-bond acceptors (Lipinski definition) is 6. The van der Waals surface area contributed by atoms with E-state index in [-0.39, 0.29) is 34.7 Å². The normalized spacial score (nSPS) is 27.4. The first-order chi connectivity index (χ1) is 14.9. The van der Waals surface area contributed by atoms with Gasteiger partial charge in [-0.2, -0.15) is 0 Å². The van der Waals surface area contributed by atoms with Crippen LogP contribution in [0.25, 0.3) is 0 Å². The topological polar surface area (TPSA) is 91.8 Å². The third-order valence-corrected chi connectivity index (χ3v) is 13.1. The molecule has 0 aromatic carbocycles. The Morgan fingerprint density at radius 1 is 0.812 bits per heavy atom. The Bertz CT molecular complexity index is 773. The maximum absolute atomic E-state index is 13.2. The molecule has 0 amide bonds. The van der Waals surface area contributed by atoms with Gasteiger partial charge in [0.05, 0.1) is 15.2 Å². The van der Waals surface area contributed by atoms with E-state index in [1.165, 1.54) is 0 Å². The van der Waals surface area contributed by atoms with Gasteiger partial charge in [0.1, 0.15) is 0 Å². The second kappa shape index (κ2) is 12.0. The number of nitrogens with zero attached hydrogens (tertiary/aromatic N) is 1. The second-order valence-corrected chi connectivity index (χ2v) is 16.4. The van der Waals surface area contributed by atoms with Crippen LogP contribution in [0.4, 0.5) is 0 Å². The van der Waals surface area contributed by atoms with Gasteiger partial charge in [0.2, 0.25) is 0 Å². The molecule has 190 valence electrons. The van der Waals surface area contributed by atoms with Gasteiger partial charge in [0, 0.05) is 25.4 Å². The summed E-state index contributed by atoms with van der Waals surface area (Å²) in [6.45, 7) is 9.73. The van der Waals surface area contributed by atoms with Crippen LogP contribution in [0.5, 0.6) is 0 Å². The summed E-state index contributed by atoms with van der Waals surface area (Å²) in [4.78, 5) is 2.38. The van der Waals surface area contributed by atoms with Crippen molar-refractivity contribution in [2.45, 2.75) is 107 Å². The Kier molecular flexibility index (Phi) is 10.5. The number of sulfone groups is 2. The average molecular weight is 494 g/mol. The van der Waals surface area contributed by atoms with Gasteiger partial charge in [-0.25, -0.2) is 16.8 Å². The van der Waals surface area contributed by atoms with E-state index in [9.17, 15) is 16.8 Å². The highest BCUT2D eigenvalue weighted by molar-refractivity contribution is 7.93. The van der Waals surface area contributed by atoms with Crippen LogP contribution in [0, 0.1) is 11.8 Å². The van der Waals surface area contributed by atoms with Crippen molar-refractivity contribution < 1.29 is 21.9 Å². The summed E-state index contributed by atoms with van der Waals surface area (Å²) in [5.74, 6) is 0.472. The summed E-state index contributed by atoms with van der Waals surface area (Å²) < 4.78 is 51.0. The number of unbranched alkanes of at least 4 members (excludes halogenated alkanes) is 3.